The molecule has 1 heterocycles. The predicted octanol–water partition coefficient (Wildman–Crippen LogP) is 2.74. The molecule has 1 N–H and O–H groups in total. The van der Waals surface area contributed by atoms with Crippen LogP contribution < -0.4 is 5.32 Å². The van der Waals surface area contributed by atoms with Gasteiger partial charge in [-0.1, -0.05) is 26.8 Å². The number of amides is 1. The highest BCUT2D eigenvalue weighted by molar-refractivity contribution is 5.67. The van der Waals surface area contributed by atoms with Gasteiger partial charge in [0.15, 0.2) is 0 Å². The number of hydrogen-bond acceptors (Lipinski definition) is 3. The molecule has 94 valence electrons. The van der Waals surface area contributed by atoms with Crippen LogP contribution in [0.15, 0.2) is 24.5 Å². The first-order valence-corrected chi connectivity index (χ1v) is 5.72. The third-order valence-corrected chi connectivity index (χ3v) is 2.73. The number of carbonyl (C=O) groups is 1. The molecule has 1 atom stereocenters. The molecule has 0 aromatic carbocycles. The number of nitrogens with zero attached hydrogens (tertiary/aromatic N) is 1. The van der Waals surface area contributed by atoms with Gasteiger partial charge in [0.05, 0.1) is 0 Å². The zero-order chi connectivity index (χ0) is 12.9. The van der Waals surface area contributed by atoms with E-state index in [0.717, 1.165) is 5.56 Å². The lowest BCUT2D eigenvalue weighted by Gasteiger charge is -2.27. The molecule has 17 heavy (non-hydrogen) atoms. The number of carbonyl (C=O) groups excluding carboxylic acids is 1. The van der Waals surface area contributed by atoms with Crippen molar-refractivity contribution in [2.45, 2.75) is 40.3 Å². The fraction of sp³-hybridized carbons (Fsp3) is 0.538. The van der Waals surface area contributed by atoms with Crippen LogP contribution in [-0.2, 0) is 11.3 Å². The van der Waals surface area contributed by atoms with E-state index in [1.54, 1.807) is 12.4 Å². The lowest BCUT2D eigenvalue weighted by atomic mass is 9.88. The quantitative estimate of drug-likeness (QED) is 0.878. The molecule has 0 saturated carbocycles. The molecule has 1 unspecified atom stereocenters. The van der Waals surface area contributed by atoms with Crippen LogP contribution in [0.5, 0.6) is 0 Å². The van der Waals surface area contributed by atoms with Gasteiger partial charge in [0.2, 0.25) is 0 Å². The van der Waals surface area contributed by atoms with Gasteiger partial charge in [-0.2, -0.15) is 0 Å². The smallest absolute Gasteiger partial charge is 0.407 e. The average molecular weight is 236 g/mol. The highest BCUT2D eigenvalue weighted by atomic mass is 16.5. The molecule has 4 nitrogen and oxygen atoms in total. The Hall–Kier alpha value is -1.58. The van der Waals surface area contributed by atoms with Crippen LogP contribution >= 0.6 is 0 Å². The number of alkyl carbamates (subject to hydrolysis) is 1. The fourth-order valence-corrected chi connectivity index (χ4v) is 1.07. The van der Waals surface area contributed by atoms with E-state index in [1.807, 2.05) is 19.1 Å². The lowest BCUT2D eigenvalue weighted by Crippen LogP contribution is -2.41. The fourth-order valence-electron chi connectivity index (χ4n) is 1.07. The van der Waals surface area contributed by atoms with Gasteiger partial charge in [0, 0.05) is 24.0 Å². The minimum absolute atomic E-state index is 0.0212. The summed E-state index contributed by atoms with van der Waals surface area (Å²) in [6.45, 7) is 8.42. The first-order chi connectivity index (χ1) is 7.89. The topological polar surface area (TPSA) is 51.2 Å². The van der Waals surface area contributed by atoms with Gasteiger partial charge in [-0.15, -0.1) is 0 Å². The van der Waals surface area contributed by atoms with Crippen molar-refractivity contribution in [1.82, 2.24) is 10.3 Å². The van der Waals surface area contributed by atoms with E-state index < -0.39 is 6.09 Å². The first-order valence-electron chi connectivity index (χ1n) is 5.72. The number of hydrogen-bond donors (Lipinski definition) is 1. The zero-order valence-electron chi connectivity index (χ0n) is 10.9. The van der Waals surface area contributed by atoms with Crippen LogP contribution in [0, 0.1) is 5.41 Å². The Morgan fingerprint density at radius 1 is 1.53 bits per heavy atom. The van der Waals surface area contributed by atoms with Crippen molar-refractivity contribution < 1.29 is 9.53 Å². The Balaban J connectivity index is 2.36. The predicted molar refractivity (Wildman–Crippen MR) is 66.5 cm³/mol. The summed E-state index contributed by atoms with van der Waals surface area (Å²) in [6, 6.07) is 3.74. The van der Waals surface area contributed by atoms with Crippen LogP contribution in [0.1, 0.15) is 33.3 Å². The summed E-state index contributed by atoms with van der Waals surface area (Å²) < 4.78 is 5.10. The van der Waals surface area contributed by atoms with Gasteiger partial charge < -0.3 is 10.1 Å². The van der Waals surface area contributed by atoms with E-state index in [4.69, 9.17) is 4.74 Å². The maximum atomic E-state index is 11.5. The summed E-state index contributed by atoms with van der Waals surface area (Å²) >= 11 is 0. The summed E-state index contributed by atoms with van der Waals surface area (Å²) in [5.74, 6) is 0. The van der Waals surface area contributed by atoms with Crippen LogP contribution in [0.4, 0.5) is 4.79 Å². The second kappa shape index (κ2) is 5.66. The largest absolute Gasteiger partial charge is 0.445 e. The van der Waals surface area contributed by atoms with Gasteiger partial charge in [-0.25, -0.2) is 4.79 Å². The molecule has 0 radical (unpaired) electrons. The van der Waals surface area contributed by atoms with Crippen molar-refractivity contribution in [1.29, 1.82) is 0 Å². The van der Waals surface area contributed by atoms with Crippen LogP contribution in [0.25, 0.3) is 0 Å². The number of rotatable bonds is 3. The van der Waals surface area contributed by atoms with Gasteiger partial charge in [-0.3, -0.25) is 4.98 Å². The minimum Gasteiger partial charge on any atom is -0.445 e. The SMILES string of the molecule is CC(NC(=O)OCc1cccnc1)C(C)(C)C. The number of ether oxygens (including phenoxy) is 1. The number of aromatic nitrogens is 1. The summed E-state index contributed by atoms with van der Waals surface area (Å²) in [6.07, 6.45) is 2.97. The van der Waals surface area contributed by atoms with Crippen LogP contribution in [0.3, 0.4) is 0 Å². The van der Waals surface area contributed by atoms with E-state index in [1.165, 1.54) is 0 Å². The third-order valence-electron chi connectivity index (χ3n) is 2.73. The monoisotopic (exact) mass is 236 g/mol. The molecule has 0 aliphatic heterocycles. The van der Waals surface area contributed by atoms with E-state index in [0.29, 0.717) is 0 Å². The summed E-state index contributed by atoms with van der Waals surface area (Å²) in [7, 11) is 0. The highest BCUT2D eigenvalue weighted by Gasteiger charge is 2.22. The molecule has 0 spiro atoms. The molecule has 1 aromatic heterocycles. The van der Waals surface area contributed by atoms with Crippen molar-refractivity contribution in [2.24, 2.45) is 5.41 Å². The molecule has 0 aliphatic carbocycles. The molecule has 0 saturated heterocycles. The Morgan fingerprint density at radius 3 is 2.76 bits per heavy atom. The van der Waals surface area contributed by atoms with Crippen molar-refractivity contribution in [3.8, 4) is 0 Å². The van der Waals surface area contributed by atoms with Crippen LogP contribution in [0.2, 0.25) is 0 Å². The molecule has 0 bridgehead atoms. The Kier molecular flexibility index (Phi) is 4.49. The van der Waals surface area contributed by atoms with Crippen molar-refractivity contribution in [3.63, 3.8) is 0 Å². The van der Waals surface area contributed by atoms with E-state index in [-0.39, 0.29) is 18.1 Å². The van der Waals surface area contributed by atoms with E-state index in [2.05, 4.69) is 31.1 Å². The van der Waals surface area contributed by atoms with Gasteiger partial charge >= 0.3 is 6.09 Å². The number of pyridine rings is 1. The molecule has 1 aromatic rings. The maximum Gasteiger partial charge on any atom is 0.407 e. The van der Waals surface area contributed by atoms with Gasteiger partial charge in [0.1, 0.15) is 6.61 Å². The summed E-state index contributed by atoms with van der Waals surface area (Å²) in [5, 5.41) is 2.81. The van der Waals surface area contributed by atoms with Gasteiger partial charge in [-0.05, 0) is 18.4 Å². The van der Waals surface area contributed by atoms with E-state index >= 15 is 0 Å². The van der Waals surface area contributed by atoms with Crippen molar-refractivity contribution >= 4 is 6.09 Å². The van der Waals surface area contributed by atoms with Crippen molar-refractivity contribution in [3.05, 3.63) is 30.1 Å². The minimum atomic E-state index is -0.392. The lowest BCUT2D eigenvalue weighted by molar-refractivity contribution is 0.128. The Bertz CT molecular complexity index is 357. The first kappa shape index (κ1) is 13.5. The molecular weight excluding hydrogens is 216 g/mol. The molecule has 0 fully saturated rings. The average Bonchev–Trinajstić information content (AvgIpc) is 2.26. The van der Waals surface area contributed by atoms with Crippen LogP contribution in [-0.4, -0.2) is 17.1 Å². The molecular formula is C13H20N2O2. The van der Waals surface area contributed by atoms with E-state index in [9.17, 15) is 4.79 Å². The summed E-state index contributed by atoms with van der Waals surface area (Å²) in [4.78, 5) is 15.5. The molecule has 4 heteroatoms. The van der Waals surface area contributed by atoms with Gasteiger partial charge in [0.25, 0.3) is 0 Å². The third kappa shape index (κ3) is 4.85. The number of nitrogens with one attached hydrogen (secondary N) is 1. The molecule has 1 amide bonds. The highest BCUT2D eigenvalue weighted by Crippen LogP contribution is 2.18. The normalized spacial score (nSPS) is 12.9. The molecule has 0 aliphatic rings. The second-order valence-corrected chi connectivity index (χ2v) is 5.17. The second-order valence-electron chi connectivity index (χ2n) is 5.17. The Labute approximate surface area is 102 Å². The zero-order valence-corrected chi connectivity index (χ0v) is 10.9. The molecule has 1 rings (SSSR count). The maximum absolute atomic E-state index is 11.5. The standard InChI is InChI=1S/C13H20N2O2/c1-10(13(2,3)4)15-12(16)17-9-11-6-5-7-14-8-11/h5-8,10H,9H2,1-4H3,(H,15,16). The Morgan fingerprint density at radius 2 is 2.24 bits per heavy atom. The van der Waals surface area contributed by atoms with Crippen molar-refractivity contribution in [2.75, 3.05) is 0 Å². The summed E-state index contributed by atoms with van der Waals surface area (Å²) in [5.41, 5.74) is 0.902.